The molecule has 0 saturated carbocycles. The molecule has 0 spiro atoms. The van der Waals surface area contributed by atoms with E-state index in [2.05, 4.69) is 30.4 Å². The van der Waals surface area contributed by atoms with Crippen LogP contribution in [-0.2, 0) is 17.6 Å². The summed E-state index contributed by atoms with van der Waals surface area (Å²) in [5, 5.41) is 0.747. The van der Waals surface area contributed by atoms with Crippen LogP contribution < -0.4 is 4.74 Å². The Morgan fingerprint density at radius 2 is 1.81 bits per heavy atom. The molecule has 0 aliphatic carbocycles. The van der Waals surface area contributed by atoms with E-state index in [0.29, 0.717) is 12.2 Å². The first-order chi connectivity index (χ1) is 15.1. The number of ether oxygens (including phenoxy) is 1. The second kappa shape index (κ2) is 7.54. The molecule has 0 bridgehead atoms. The highest BCUT2D eigenvalue weighted by Crippen LogP contribution is 2.35. The van der Waals surface area contributed by atoms with Crippen molar-refractivity contribution in [2.45, 2.75) is 40.0 Å². The van der Waals surface area contributed by atoms with Gasteiger partial charge in [0.2, 0.25) is 0 Å². The highest BCUT2D eigenvalue weighted by Gasteiger charge is 2.22. The van der Waals surface area contributed by atoms with Gasteiger partial charge < -0.3 is 4.74 Å². The maximum Gasteiger partial charge on any atom is 0.310 e. The topological polar surface area (TPSA) is 61.4 Å². The Morgan fingerprint density at radius 3 is 2.58 bits per heavy atom. The van der Waals surface area contributed by atoms with E-state index in [1.54, 1.807) is 6.92 Å². The van der Waals surface area contributed by atoms with Gasteiger partial charge in [-0.1, -0.05) is 45.0 Å². The van der Waals surface area contributed by atoms with E-state index >= 15 is 0 Å². The van der Waals surface area contributed by atoms with Crippen LogP contribution in [0.3, 0.4) is 0 Å². The summed E-state index contributed by atoms with van der Waals surface area (Å²) in [5.41, 5.74) is 5.60. The van der Waals surface area contributed by atoms with Crippen molar-refractivity contribution in [3.8, 4) is 11.4 Å². The van der Waals surface area contributed by atoms with Crippen LogP contribution in [0, 0.1) is 0 Å². The van der Waals surface area contributed by atoms with Gasteiger partial charge in [0.15, 0.2) is 17.0 Å². The molecule has 0 saturated heterocycles. The summed E-state index contributed by atoms with van der Waals surface area (Å²) in [7, 11) is 0. The molecule has 0 fully saturated rings. The van der Waals surface area contributed by atoms with Crippen molar-refractivity contribution < 1.29 is 9.53 Å². The van der Waals surface area contributed by atoms with Crippen LogP contribution in [0.25, 0.3) is 33.4 Å². The number of benzene rings is 2. The smallest absolute Gasteiger partial charge is 0.310 e. The van der Waals surface area contributed by atoms with Gasteiger partial charge in [-0.2, -0.15) is 0 Å². The fourth-order valence-corrected chi connectivity index (χ4v) is 4.05. The normalized spacial score (nSPS) is 11.6. The zero-order valence-corrected chi connectivity index (χ0v) is 17.9. The lowest BCUT2D eigenvalue weighted by Crippen LogP contribution is -2.06. The fraction of sp³-hybridized carbons (Fsp3) is 0.240. The van der Waals surface area contributed by atoms with E-state index in [9.17, 15) is 4.79 Å². The molecule has 156 valence electrons. The molecule has 0 unspecified atom stereocenters. The lowest BCUT2D eigenvalue weighted by atomic mass is 10.1. The minimum Gasteiger partial charge on any atom is -0.424 e. The molecule has 5 rings (SSSR count). The zero-order valence-electron chi connectivity index (χ0n) is 17.9. The zero-order chi connectivity index (χ0) is 21.5. The summed E-state index contributed by atoms with van der Waals surface area (Å²) in [6, 6.07) is 16.4. The predicted molar refractivity (Wildman–Crippen MR) is 122 cm³/mol. The largest absolute Gasteiger partial charge is 0.424 e. The summed E-state index contributed by atoms with van der Waals surface area (Å²) in [6.07, 6.45) is 3.84. The molecule has 2 aromatic carbocycles. The van der Waals surface area contributed by atoms with Gasteiger partial charge in [-0.3, -0.25) is 13.8 Å². The van der Waals surface area contributed by atoms with E-state index in [1.165, 1.54) is 5.56 Å². The van der Waals surface area contributed by atoms with Crippen molar-refractivity contribution >= 4 is 33.7 Å². The fourth-order valence-electron chi connectivity index (χ4n) is 4.05. The lowest BCUT2D eigenvalue weighted by Gasteiger charge is -2.09. The molecule has 0 radical (unpaired) electrons. The van der Waals surface area contributed by atoms with Crippen LogP contribution in [0.2, 0.25) is 0 Å². The van der Waals surface area contributed by atoms with E-state index in [0.717, 1.165) is 52.1 Å². The molecule has 31 heavy (non-hydrogen) atoms. The summed E-state index contributed by atoms with van der Waals surface area (Å²) in [5.74, 6) is 1.12. The second-order valence-corrected chi connectivity index (χ2v) is 7.55. The van der Waals surface area contributed by atoms with Crippen LogP contribution in [0.5, 0.6) is 5.75 Å². The SMILES string of the molecule is CCC(=O)Oc1cn(-c2cccc(CC)c2)c2nc(CC)n3c4ccccc4nc3c12. The number of hydrogen-bond donors (Lipinski definition) is 0. The number of fused-ring (bicyclic) bond motifs is 5. The predicted octanol–water partition coefficient (Wildman–Crippen LogP) is 5.27. The second-order valence-electron chi connectivity index (χ2n) is 7.55. The number of nitrogens with zero attached hydrogens (tertiary/aromatic N) is 4. The highest BCUT2D eigenvalue weighted by atomic mass is 16.5. The van der Waals surface area contributed by atoms with Gasteiger partial charge >= 0.3 is 5.97 Å². The first-order valence-corrected chi connectivity index (χ1v) is 10.8. The van der Waals surface area contributed by atoms with Gasteiger partial charge in [0, 0.05) is 18.5 Å². The Bertz CT molecular complexity index is 1440. The van der Waals surface area contributed by atoms with E-state index in [-0.39, 0.29) is 5.97 Å². The van der Waals surface area contributed by atoms with Crippen molar-refractivity contribution in [2.24, 2.45) is 0 Å². The Kier molecular flexibility index (Phi) is 4.70. The van der Waals surface area contributed by atoms with Crippen LogP contribution in [0.15, 0.2) is 54.7 Å². The molecule has 0 aliphatic heterocycles. The van der Waals surface area contributed by atoms with Crippen LogP contribution >= 0.6 is 0 Å². The average Bonchev–Trinajstić information content (AvgIpc) is 3.37. The molecule has 0 aliphatic rings. The molecule has 6 heteroatoms. The average molecular weight is 412 g/mol. The van der Waals surface area contributed by atoms with Crippen LogP contribution in [0.1, 0.15) is 38.6 Å². The number of aryl methyl sites for hydroxylation is 2. The summed E-state index contributed by atoms with van der Waals surface area (Å²) in [6.45, 7) is 6.01. The minimum absolute atomic E-state index is 0.282. The highest BCUT2D eigenvalue weighted by molar-refractivity contribution is 6.01. The van der Waals surface area contributed by atoms with Crippen LogP contribution in [-0.4, -0.2) is 24.9 Å². The van der Waals surface area contributed by atoms with E-state index < -0.39 is 0 Å². The number of imidazole rings is 1. The first-order valence-electron chi connectivity index (χ1n) is 10.8. The maximum atomic E-state index is 12.2. The number of esters is 1. The molecule has 3 aromatic heterocycles. The summed E-state index contributed by atoms with van der Waals surface area (Å²) < 4.78 is 9.84. The Labute approximate surface area is 180 Å². The van der Waals surface area contributed by atoms with Gasteiger partial charge in [-0.05, 0) is 36.2 Å². The number of para-hydroxylation sites is 2. The molecular weight excluding hydrogens is 388 g/mol. The number of rotatable bonds is 5. The number of carbonyl (C=O) groups is 1. The molecule has 5 aromatic rings. The van der Waals surface area contributed by atoms with Gasteiger partial charge in [-0.15, -0.1) is 0 Å². The van der Waals surface area contributed by atoms with Gasteiger partial charge in [0.25, 0.3) is 0 Å². The number of aromatic nitrogens is 4. The third-order valence-corrected chi connectivity index (χ3v) is 5.65. The number of hydrogen-bond acceptors (Lipinski definition) is 4. The first kappa shape index (κ1) is 19.3. The molecule has 3 heterocycles. The maximum absolute atomic E-state index is 12.2. The van der Waals surface area contributed by atoms with Crippen LogP contribution in [0.4, 0.5) is 0 Å². The monoisotopic (exact) mass is 412 g/mol. The summed E-state index contributed by atoms with van der Waals surface area (Å²) in [4.78, 5) is 22.2. The Balaban J connectivity index is 1.91. The van der Waals surface area contributed by atoms with Gasteiger partial charge in [0.05, 0.1) is 17.2 Å². The van der Waals surface area contributed by atoms with E-state index in [1.807, 2.05) is 47.2 Å². The molecule has 0 atom stereocenters. The standard InChI is InChI=1S/C25H24N4O2/c1-4-16-10-9-11-17(14-16)28-15-20(31-22(30)6-3)23-24(28)27-21(5-2)29-19-13-8-7-12-18(19)26-25(23)29/h7-15H,4-6H2,1-3H3. The van der Waals surface area contributed by atoms with E-state index in [4.69, 9.17) is 14.7 Å². The van der Waals surface area contributed by atoms with Crippen molar-refractivity contribution in [3.05, 3.63) is 66.1 Å². The minimum atomic E-state index is -0.282. The molecule has 6 nitrogen and oxygen atoms in total. The molecule has 0 N–H and O–H groups in total. The Hall–Kier alpha value is -3.67. The summed E-state index contributed by atoms with van der Waals surface area (Å²) >= 11 is 0. The van der Waals surface area contributed by atoms with Crippen molar-refractivity contribution in [2.75, 3.05) is 0 Å². The van der Waals surface area contributed by atoms with Crippen molar-refractivity contribution in [1.29, 1.82) is 0 Å². The third-order valence-electron chi connectivity index (χ3n) is 5.65. The molecular formula is C25H24N4O2. The van der Waals surface area contributed by atoms with Crippen molar-refractivity contribution in [3.63, 3.8) is 0 Å². The third kappa shape index (κ3) is 3.06. The van der Waals surface area contributed by atoms with Crippen molar-refractivity contribution in [1.82, 2.24) is 18.9 Å². The quantitative estimate of drug-likeness (QED) is 0.369. The Morgan fingerprint density at radius 1 is 0.968 bits per heavy atom. The van der Waals surface area contributed by atoms with Gasteiger partial charge in [-0.25, -0.2) is 9.97 Å². The molecule has 0 amide bonds. The number of carbonyl (C=O) groups excluding carboxylic acids is 1. The van der Waals surface area contributed by atoms with Gasteiger partial charge in [0.1, 0.15) is 11.2 Å². The lowest BCUT2D eigenvalue weighted by molar-refractivity contribution is -0.133.